The van der Waals surface area contributed by atoms with Gasteiger partial charge in [0.1, 0.15) is 11.9 Å². The van der Waals surface area contributed by atoms with Gasteiger partial charge in [-0.2, -0.15) is 5.10 Å². The summed E-state index contributed by atoms with van der Waals surface area (Å²) in [5.74, 6) is 2.05. The van der Waals surface area contributed by atoms with Crippen LogP contribution in [0.15, 0.2) is 54.9 Å². The molecule has 4 aliphatic rings. The Hall–Kier alpha value is -3.85. The lowest BCUT2D eigenvalue weighted by Gasteiger charge is -2.37. The Balaban J connectivity index is 1.02. The first-order chi connectivity index (χ1) is 23.3. The van der Waals surface area contributed by atoms with E-state index in [1.54, 1.807) is 7.11 Å². The maximum absolute atomic E-state index is 14.4. The number of carbonyl (C=O) groups is 2. The number of hydrogen-bond donors (Lipinski definition) is 1. The number of likely N-dealkylation sites (tertiary alicyclic amines) is 1. The van der Waals surface area contributed by atoms with Gasteiger partial charge in [0.25, 0.3) is 0 Å². The molecule has 3 aromatic rings. The summed E-state index contributed by atoms with van der Waals surface area (Å²) < 4.78 is 13.3. The number of nitrogens with one attached hydrogen (secondary N) is 1. The average Bonchev–Trinajstić information content (AvgIpc) is 3.82. The maximum Gasteiger partial charge on any atom is 0.407 e. The molecule has 4 fully saturated rings. The summed E-state index contributed by atoms with van der Waals surface area (Å²) in [6.45, 7) is 4.57. The molecule has 7 rings (SSSR count). The number of carbonyl (C=O) groups excluding carboxylic acids is 2. The van der Waals surface area contributed by atoms with Crippen LogP contribution in [0.4, 0.5) is 10.5 Å². The first kappa shape index (κ1) is 32.7. The highest BCUT2D eigenvalue weighted by Gasteiger charge is 2.35. The molecular weight excluding hydrogens is 602 g/mol. The van der Waals surface area contributed by atoms with E-state index < -0.39 is 0 Å². The van der Waals surface area contributed by atoms with Crippen molar-refractivity contribution < 1.29 is 19.1 Å². The SMILES string of the molecule is COc1ccc(C2CCC(CN(C(=O)C3CCC(OC(=O)NC4CN(C)C4)CC3)c3cccc(-c4cnn(C5CC5)c4)c3)CC2)cc1C. The Morgan fingerprint density at radius 2 is 1.71 bits per heavy atom. The minimum atomic E-state index is -0.327. The van der Waals surface area contributed by atoms with Crippen molar-refractivity contribution in [3.8, 4) is 16.9 Å². The largest absolute Gasteiger partial charge is 0.496 e. The molecule has 0 atom stereocenters. The van der Waals surface area contributed by atoms with Crippen LogP contribution in [-0.4, -0.2) is 72.6 Å². The normalized spacial score (nSPS) is 24.8. The van der Waals surface area contributed by atoms with Gasteiger partial charge in [0, 0.05) is 43.0 Å². The number of benzene rings is 2. The van der Waals surface area contributed by atoms with E-state index in [1.807, 2.05) is 13.2 Å². The standard InChI is InChI=1S/C39H51N5O4/c1-26-19-31(13-18-37(26)47-3)28-9-7-27(8-10-28)22-43(35-6-4-5-30(20-35)32-21-40-44(23-32)34-14-15-34)38(45)29-11-16-36(17-12-29)48-39(46)41-33-24-42(2)25-33/h4-6,13,18-21,23,27-29,33-34,36H,7-12,14-17,22,24-25H2,1-3H3,(H,41,46). The van der Waals surface area contributed by atoms with E-state index in [0.29, 0.717) is 17.9 Å². The van der Waals surface area contributed by atoms with Crippen LogP contribution in [0, 0.1) is 18.8 Å². The number of aryl methyl sites for hydroxylation is 1. The van der Waals surface area contributed by atoms with Gasteiger partial charge in [0.2, 0.25) is 5.91 Å². The van der Waals surface area contributed by atoms with Gasteiger partial charge in [0.05, 0.1) is 25.4 Å². The molecule has 0 unspecified atom stereocenters. The van der Waals surface area contributed by atoms with Gasteiger partial charge < -0.3 is 24.6 Å². The van der Waals surface area contributed by atoms with E-state index in [4.69, 9.17) is 9.47 Å². The monoisotopic (exact) mass is 653 g/mol. The third kappa shape index (κ3) is 7.56. The van der Waals surface area contributed by atoms with Crippen molar-refractivity contribution in [3.63, 3.8) is 0 Å². The molecule has 256 valence electrons. The highest BCUT2D eigenvalue weighted by molar-refractivity contribution is 5.95. The van der Waals surface area contributed by atoms with E-state index in [0.717, 1.165) is 93.6 Å². The Morgan fingerprint density at radius 3 is 2.40 bits per heavy atom. The van der Waals surface area contributed by atoms with Gasteiger partial charge >= 0.3 is 6.09 Å². The molecule has 9 heteroatoms. The summed E-state index contributed by atoms with van der Waals surface area (Å²) in [7, 11) is 3.77. The zero-order valence-electron chi connectivity index (χ0n) is 28.8. The second kappa shape index (κ2) is 14.3. The molecule has 0 bridgehead atoms. The molecule has 2 heterocycles. The molecular formula is C39H51N5O4. The second-order valence-corrected chi connectivity index (χ2v) is 14.8. The minimum Gasteiger partial charge on any atom is -0.496 e. The van der Waals surface area contributed by atoms with Gasteiger partial charge in [-0.15, -0.1) is 0 Å². The lowest BCUT2D eigenvalue weighted by Crippen LogP contribution is -2.57. The van der Waals surface area contributed by atoms with Crippen LogP contribution >= 0.6 is 0 Å². The number of nitrogens with zero attached hydrogens (tertiary/aromatic N) is 4. The lowest BCUT2D eigenvalue weighted by molar-refractivity contribution is -0.124. The quantitative estimate of drug-likeness (QED) is 0.251. The number of aromatic nitrogens is 2. The van der Waals surface area contributed by atoms with Crippen LogP contribution in [0.25, 0.3) is 11.1 Å². The summed E-state index contributed by atoms with van der Waals surface area (Å²) in [5.41, 5.74) is 5.73. The first-order valence-corrected chi connectivity index (χ1v) is 18.1. The zero-order chi connectivity index (χ0) is 33.2. The highest BCUT2D eigenvalue weighted by atomic mass is 16.6. The van der Waals surface area contributed by atoms with Crippen molar-refractivity contribution in [1.82, 2.24) is 20.0 Å². The van der Waals surface area contributed by atoms with Gasteiger partial charge in [-0.1, -0.05) is 24.3 Å². The number of likely N-dealkylation sites (N-methyl/N-ethyl adjacent to an activating group) is 1. The summed E-state index contributed by atoms with van der Waals surface area (Å²) in [4.78, 5) is 31.1. The van der Waals surface area contributed by atoms with Gasteiger partial charge in [0.15, 0.2) is 0 Å². The van der Waals surface area contributed by atoms with Gasteiger partial charge in [-0.25, -0.2) is 4.79 Å². The zero-order valence-corrected chi connectivity index (χ0v) is 28.8. The number of alkyl carbamates (subject to hydrolysis) is 1. The van der Waals surface area contributed by atoms with Crippen molar-refractivity contribution in [1.29, 1.82) is 0 Å². The Bertz CT molecular complexity index is 1580. The van der Waals surface area contributed by atoms with E-state index in [1.165, 1.54) is 24.0 Å². The van der Waals surface area contributed by atoms with E-state index in [2.05, 4.69) is 80.5 Å². The van der Waals surface area contributed by atoms with Crippen molar-refractivity contribution in [2.75, 3.05) is 38.7 Å². The number of rotatable bonds is 10. The van der Waals surface area contributed by atoms with Gasteiger partial charge in [-0.05, 0) is 125 Å². The van der Waals surface area contributed by atoms with Gasteiger partial charge in [-0.3, -0.25) is 9.48 Å². The fourth-order valence-corrected chi connectivity index (χ4v) is 8.08. The summed E-state index contributed by atoms with van der Waals surface area (Å²) in [6, 6.07) is 15.8. The smallest absolute Gasteiger partial charge is 0.407 e. The molecule has 1 saturated heterocycles. The Morgan fingerprint density at radius 1 is 0.938 bits per heavy atom. The number of methoxy groups -OCH3 is 1. The molecule has 1 aromatic heterocycles. The minimum absolute atomic E-state index is 0.0759. The first-order valence-electron chi connectivity index (χ1n) is 18.1. The molecule has 3 saturated carbocycles. The molecule has 9 nitrogen and oxygen atoms in total. The summed E-state index contributed by atoms with van der Waals surface area (Å²) in [6.07, 6.45) is 13.4. The third-order valence-corrected chi connectivity index (χ3v) is 11.1. The Kier molecular flexibility index (Phi) is 9.76. The predicted molar refractivity (Wildman–Crippen MR) is 187 cm³/mol. The summed E-state index contributed by atoms with van der Waals surface area (Å²) in [5, 5.41) is 7.59. The fourth-order valence-electron chi connectivity index (χ4n) is 8.08. The topological polar surface area (TPSA) is 88.9 Å². The number of ether oxygens (including phenoxy) is 2. The number of anilines is 1. The Labute approximate surface area is 285 Å². The fraction of sp³-hybridized carbons (Fsp3) is 0.564. The van der Waals surface area contributed by atoms with E-state index in [9.17, 15) is 9.59 Å². The van der Waals surface area contributed by atoms with Crippen LogP contribution in [-0.2, 0) is 9.53 Å². The van der Waals surface area contributed by atoms with Crippen molar-refractivity contribution in [2.45, 2.75) is 95.2 Å². The van der Waals surface area contributed by atoms with Crippen LogP contribution in [0.1, 0.15) is 87.3 Å². The van der Waals surface area contributed by atoms with Crippen LogP contribution in [0.2, 0.25) is 0 Å². The van der Waals surface area contributed by atoms with Crippen LogP contribution in [0.3, 0.4) is 0 Å². The molecule has 2 amide bonds. The molecule has 0 spiro atoms. The lowest BCUT2D eigenvalue weighted by atomic mass is 9.78. The second-order valence-electron chi connectivity index (χ2n) is 14.8. The molecule has 1 aliphatic heterocycles. The number of amides is 2. The van der Waals surface area contributed by atoms with E-state index >= 15 is 0 Å². The molecule has 3 aliphatic carbocycles. The average molecular weight is 654 g/mol. The molecule has 48 heavy (non-hydrogen) atoms. The van der Waals surface area contributed by atoms with Crippen LogP contribution < -0.4 is 15.0 Å². The summed E-state index contributed by atoms with van der Waals surface area (Å²) >= 11 is 0. The number of hydrogen-bond acceptors (Lipinski definition) is 6. The third-order valence-electron chi connectivity index (χ3n) is 11.1. The van der Waals surface area contributed by atoms with Crippen molar-refractivity contribution in [3.05, 3.63) is 66.0 Å². The molecule has 1 N–H and O–H groups in total. The highest BCUT2D eigenvalue weighted by Crippen LogP contribution is 2.40. The van der Waals surface area contributed by atoms with E-state index in [-0.39, 0.29) is 30.1 Å². The molecule has 0 radical (unpaired) electrons. The maximum atomic E-state index is 14.4. The van der Waals surface area contributed by atoms with Crippen LogP contribution in [0.5, 0.6) is 5.75 Å². The predicted octanol–water partition coefficient (Wildman–Crippen LogP) is 7.11. The van der Waals surface area contributed by atoms with Crippen molar-refractivity contribution >= 4 is 17.7 Å². The van der Waals surface area contributed by atoms with Crippen molar-refractivity contribution in [2.24, 2.45) is 11.8 Å². The molecule has 2 aromatic carbocycles.